The highest BCUT2D eigenvalue weighted by molar-refractivity contribution is 7.98. The zero-order valence-electron chi connectivity index (χ0n) is 19.4. The number of thioether (sulfide) groups is 1. The number of aromatic nitrogens is 1. The van der Waals surface area contributed by atoms with Gasteiger partial charge in [-0.25, -0.2) is 4.99 Å². The highest BCUT2D eigenvalue weighted by Gasteiger charge is 2.32. The van der Waals surface area contributed by atoms with E-state index >= 15 is 0 Å². The van der Waals surface area contributed by atoms with Crippen LogP contribution in [0.15, 0.2) is 93.1 Å². The normalized spacial score (nSPS) is 16.7. The average molecular weight is 510 g/mol. The number of aryl methyl sites for hydroxylation is 1. The van der Waals surface area contributed by atoms with Crippen molar-refractivity contribution in [1.82, 2.24) is 4.57 Å². The van der Waals surface area contributed by atoms with Crippen molar-refractivity contribution in [2.24, 2.45) is 4.99 Å². The Hall–Kier alpha value is -3.68. The van der Waals surface area contributed by atoms with Crippen LogP contribution in [0.5, 0.6) is 0 Å². The Bertz CT molecular complexity index is 1710. The molecule has 4 aromatic rings. The first-order valence-electron chi connectivity index (χ1n) is 11.6. The third kappa shape index (κ3) is 3.85. The summed E-state index contributed by atoms with van der Waals surface area (Å²) in [4.78, 5) is 31.7. The number of nitrogens with zero attached hydrogens (tertiary/aromatic N) is 2. The van der Waals surface area contributed by atoms with Crippen LogP contribution in [0.2, 0.25) is 0 Å². The molecule has 0 N–H and O–H groups in total. The van der Waals surface area contributed by atoms with Crippen LogP contribution in [0.4, 0.5) is 0 Å². The number of carbonyl (C=O) groups is 1. The minimum absolute atomic E-state index is 0.0907. The van der Waals surface area contributed by atoms with E-state index in [1.807, 2.05) is 10.6 Å². The highest BCUT2D eigenvalue weighted by atomic mass is 32.2. The number of rotatable bonds is 4. The van der Waals surface area contributed by atoms with E-state index in [1.54, 1.807) is 30.0 Å². The molecule has 1 aromatic heterocycles. The first-order valence-corrected chi connectivity index (χ1v) is 13.7. The van der Waals surface area contributed by atoms with E-state index in [0.29, 0.717) is 9.33 Å². The van der Waals surface area contributed by atoms with Crippen LogP contribution < -0.4 is 20.0 Å². The number of allylic oxidation sites excluding steroid dienone is 1. The molecule has 1 aliphatic carbocycles. The first-order chi connectivity index (χ1) is 17.5. The van der Waals surface area contributed by atoms with Crippen molar-refractivity contribution in [3.8, 4) is 0 Å². The number of hydrogen-bond donors (Lipinski definition) is 0. The van der Waals surface area contributed by atoms with Crippen molar-refractivity contribution in [2.75, 3.05) is 6.26 Å². The smallest absolute Gasteiger partial charge is 0.271 e. The lowest BCUT2D eigenvalue weighted by atomic mass is 9.83. The Morgan fingerprint density at radius 3 is 2.53 bits per heavy atom. The molecule has 0 saturated heterocycles. The molecule has 5 nitrogen and oxygen atoms in total. The summed E-state index contributed by atoms with van der Waals surface area (Å²) in [6.07, 6.45) is 5.61. The average Bonchev–Trinajstić information content (AvgIpc) is 3.22. The first kappa shape index (κ1) is 22.8. The number of aromatic carboxylic acids is 1. The van der Waals surface area contributed by atoms with E-state index in [1.165, 1.54) is 39.5 Å². The van der Waals surface area contributed by atoms with Gasteiger partial charge in [-0.2, -0.15) is 0 Å². The summed E-state index contributed by atoms with van der Waals surface area (Å²) in [7, 11) is 0. The number of carboxylic acids is 1. The molecule has 6 rings (SSSR count). The summed E-state index contributed by atoms with van der Waals surface area (Å²) < 4.78 is 2.39. The zero-order chi connectivity index (χ0) is 24.8. The number of benzene rings is 3. The quantitative estimate of drug-likeness (QED) is 0.395. The minimum atomic E-state index is -1.22. The molecule has 0 fully saturated rings. The Morgan fingerprint density at radius 2 is 1.81 bits per heavy atom. The third-order valence-corrected chi connectivity index (χ3v) is 8.48. The van der Waals surface area contributed by atoms with Crippen molar-refractivity contribution < 1.29 is 9.90 Å². The lowest BCUT2D eigenvalue weighted by Crippen LogP contribution is -2.38. The van der Waals surface area contributed by atoms with Crippen molar-refractivity contribution in [3.63, 3.8) is 0 Å². The summed E-state index contributed by atoms with van der Waals surface area (Å²) in [5.41, 5.74) is 6.40. The molecular weight excluding hydrogens is 488 g/mol. The second kappa shape index (κ2) is 9.08. The van der Waals surface area contributed by atoms with E-state index in [0.717, 1.165) is 35.2 Å². The number of carboxylic acid groups (broad SMARTS) is 1. The van der Waals surface area contributed by atoms with Crippen molar-refractivity contribution in [1.29, 1.82) is 0 Å². The molecule has 36 heavy (non-hydrogen) atoms. The van der Waals surface area contributed by atoms with Gasteiger partial charge in [-0.3, -0.25) is 9.36 Å². The van der Waals surface area contributed by atoms with E-state index in [-0.39, 0.29) is 17.2 Å². The summed E-state index contributed by atoms with van der Waals surface area (Å²) in [5.74, 6) is -1.22. The van der Waals surface area contributed by atoms with Crippen molar-refractivity contribution in [3.05, 3.63) is 126 Å². The van der Waals surface area contributed by atoms with Crippen LogP contribution in [0.25, 0.3) is 11.8 Å². The Kier molecular flexibility index (Phi) is 5.74. The highest BCUT2D eigenvalue weighted by Crippen LogP contribution is 2.41. The topological polar surface area (TPSA) is 74.5 Å². The predicted octanol–water partition coefficient (Wildman–Crippen LogP) is 3.40. The zero-order valence-corrected chi connectivity index (χ0v) is 21.1. The van der Waals surface area contributed by atoms with Gasteiger partial charge in [-0.15, -0.1) is 11.8 Å². The van der Waals surface area contributed by atoms with Crippen LogP contribution in [-0.2, 0) is 6.42 Å². The SMILES string of the molecule is CSc1ccc([C@@H]2C3=C(N=c4s/c(=C\c5ccc(C(=O)[O-])cc5)c(=O)n42)c2ccccc2CC3)cc1. The van der Waals surface area contributed by atoms with Gasteiger partial charge in [0.2, 0.25) is 0 Å². The molecule has 0 bridgehead atoms. The number of thiazole rings is 1. The fourth-order valence-corrected chi connectivity index (χ4v) is 6.38. The summed E-state index contributed by atoms with van der Waals surface area (Å²) >= 11 is 3.06. The second-order valence-electron chi connectivity index (χ2n) is 8.80. The van der Waals surface area contributed by atoms with Gasteiger partial charge in [0, 0.05) is 10.5 Å². The van der Waals surface area contributed by atoms with Gasteiger partial charge in [0.1, 0.15) is 0 Å². The lowest BCUT2D eigenvalue weighted by Gasteiger charge is -2.30. The Balaban J connectivity index is 1.56. The molecular formula is C29H21N2O3S2-. The summed E-state index contributed by atoms with van der Waals surface area (Å²) in [5, 5.41) is 11.1. The Morgan fingerprint density at radius 1 is 1.06 bits per heavy atom. The van der Waals surface area contributed by atoms with Gasteiger partial charge >= 0.3 is 0 Å². The van der Waals surface area contributed by atoms with Crippen LogP contribution >= 0.6 is 23.1 Å². The number of fused-ring (bicyclic) bond motifs is 3. The fraction of sp³-hybridized carbons (Fsp3) is 0.138. The maximum atomic E-state index is 13.8. The standard InChI is InChI=1S/C29H22N2O3S2/c1-35-21-13-10-19(11-14-21)26-23-15-12-18-4-2-3-5-22(18)25(23)30-29-31(26)27(32)24(36-29)16-17-6-8-20(9-7-17)28(33)34/h2-11,13-14,16,26H,12,15H2,1H3,(H,33,34)/p-1/b24-16-/t26-/m1/s1. The van der Waals surface area contributed by atoms with Gasteiger partial charge in [-0.1, -0.05) is 72.0 Å². The molecule has 0 spiro atoms. The monoisotopic (exact) mass is 509 g/mol. The van der Waals surface area contributed by atoms with E-state index in [4.69, 9.17) is 4.99 Å². The molecule has 3 aromatic carbocycles. The Labute approximate surface area is 215 Å². The summed E-state index contributed by atoms with van der Waals surface area (Å²) in [6.45, 7) is 0. The molecule has 0 unspecified atom stereocenters. The second-order valence-corrected chi connectivity index (χ2v) is 10.7. The lowest BCUT2D eigenvalue weighted by molar-refractivity contribution is -0.255. The molecule has 178 valence electrons. The number of carbonyl (C=O) groups excluding carboxylic acids is 1. The molecule has 7 heteroatoms. The van der Waals surface area contributed by atoms with Crippen LogP contribution in [0.3, 0.4) is 0 Å². The molecule has 1 aliphatic heterocycles. The largest absolute Gasteiger partial charge is 0.545 e. The van der Waals surface area contributed by atoms with Crippen molar-refractivity contribution >= 4 is 40.8 Å². The molecule has 1 atom stereocenters. The van der Waals surface area contributed by atoms with Gasteiger partial charge in [-0.05, 0) is 65.1 Å². The maximum Gasteiger partial charge on any atom is 0.271 e. The predicted molar refractivity (Wildman–Crippen MR) is 142 cm³/mol. The minimum Gasteiger partial charge on any atom is -0.545 e. The molecule has 0 saturated carbocycles. The van der Waals surface area contributed by atoms with Crippen LogP contribution in [0, 0.1) is 0 Å². The fourth-order valence-electron chi connectivity index (χ4n) is 4.98. The van der Waals surface area contributed by atoms with Crippen molar-refractivity contribution in [2.45, 2.75) is 23.8 Å². The van der Waals surface area contributed by atoms with E-state index in [9.17, 15) is 14.7 Å². The molecule has 0 amide bonds. The molecule has 2 heterocycles. The van der Waals surface area contributed by atoms with Crippen LogP contribution in [0.1, 0.15) is 45.1 Å². The molecule has 0 radical (unpaired) electrons. The van der Waals surface area contributed by atoms with Gasteiger partial charge in [0.05, 0.1) is 22.2 Å². The number of hydrogen-bond acceptors (Lipinski definition) is 6. The van der Waals surface area contributed by atoms with Crippen LogP contribution in [-0.4, -0.2) is 16.8 Å². The summed E-state index contributed by atoms with van der Waals surface area (Å²) in [6, 6.07) is 22.9. The third-order valence-electron chi connectivity index (χ3n) is 6.75. The molecule has 2 aliphatic rings. The van der Waals surface area contributed by atoms with Gasteiger partial charge in [0.15, 0.2) is 4.80 Å². The van der Waals surface area contributed by atoms with Gasteiger partial charge < -0.3 is 9.90 Å². The maximum absolute atomic E-state index is 13.8. The van der Waals surface area contributed by atoms with E-state index in [2.05, 4.69) is 48.7 Å². The van der Waals surface area contributed by atoms with Gasteiger partial charge in [0.25, 0.3) is 5.56 Å². The van der Waals surface area contributed by atoms with E-state index < -0.39 is 5.97 Å².